The minimum absolute atomic E-state index is 0.666. The van der Waals surface area contributed by atoms with E-state index in [1.165, 1.54) is 45.1 Å². The Labute approximate surface area is 100 Å². The Morgan fingerprint density at radius 2 is 1.62 bits per heavy atom. The molecule has 0 spiro atoms. The normalized spacial score (nSPS) is 54.6. The second-order valence-electron chi connectivity index (χ2n) is 7.91. The molecule has 0 saturated heterocycles. The van der Waals surface area contributed by atoms with Crippen LogP contribution in [0.3, 0.4) is 0 Å². The third kappa shape index (κ3) is 1.63. The van der Waals surface area contributed by atoms with Crippen molar-refractivity contribution in [3.8, 4) is 0 Å². The molecule has 4 fully saturated rings. The Morgan fingerprint density at radius 1 is 1.00 bits per heavy atom. The SMILES string of the molecule is CCNCC12CC3CC(C)(CC(C)(C3)C1)C2. The van der Waals surface area contributed by atoms with Crippen molar-refractivity contribution in [1.82, 2.24) is 5.32 Å². The van der Waals surface area contributed by atoms with Crippen molar-refractivity contribution < 1.29 is 0 Å². The molecular formula is C15H27N. The van der Waals surface area contributed by atoms with E-state index in [-0.39, 0.29) is 0 Å². The van der Waals surface area contributed by atoms with Crippen molar-refractivity contribution >= 4 is 0 Å². The third-order valence-electron chi connectivity index (χ3n) is 5.49. The molecule has 2 unspecified atom stereocenters. The largest absolute Gasteiger partial charge is 0.316 e. The second-order valence-corrected chi connectivity index (χ2v) is 7.91. The van der Waals surface area contributed by atoms with Crippen molar-refractivity contribution in [2.45, 2.75) is 59.3 Å². The highest BCUT2D eigenvalue weighted by atomic mass is 14.9. The fourth-order valence-electron chi connectivity index (χ4n) is 6.27. The van der Waals surface area contributed by atoms with Crippen LogP contribution in [0.15, 0.2) is 0 Å². The van der Waals surface area contributed by atoms with Crippen molar-refractivity contribution in [2.24, 2.45) is 22.2 Å². The summed E-state index contributed by atoms with van der Waals surface area (Å²) in [7, 11) is 0. The number of hydrogen-bond acceptors (Lipinski definition) is 1. The first-order valence-electron chi connectivity index (χ1n) is 7.17. The predicted molar refractivity (Wildman–Crippen MR) is 68.4 cm³/mol. The highest BCUT2D eigenvalue weighted by Crippen LogP contribution is 2.69. The maximum atomic E-state index is 3.64. The quantitative estimate of drug-likeness (QED) is 0.768. The lowest BCUT2D eigenvalue weighted by Gasteiger charge is -2.65. The van der Waals surface area contributed by atoms with E-state index in [1.54, 1.807) is 0 Å². The first kappa shape index (κ1) is 11.1. The zero-order chi connectivity index (χ0) is 11.4. The summed E-state index contributed by atoms with van der Waals surface area (Å²) >= 11 is 0. The van der Waals surface area contributed by atoms with Gasteiger partial charge in [-0.1, -0.05) is 20.8 Å². The van der Waals surface area contributed by atoms with Crippen LogP contribution < -0.4 is 5.32 Å². The predicted octanol–water partition coefficient (Wildman–Crippen LogP) is 3.59. The molecule has 4 saturated carbocycles. The molecule has 0 heterocycles. The van der Waals surface area contributed by atoms with Gasteiger partial charge in [-0.15, -0.1) is 0 Å². The van der Waals surface area contributed by atoms with Crippen LogP contribution >= 0.6 is 0 Å². The number of rotatable bonds is 3. The Bertz CT molecular complexity index is 278. The molecule has 4 bridgehead atoms. The molecular weight excluding hydrogens is 194 g/mol. The van der Waals surface area contributed by atoms with Crippen molar-refractivity contribution in [2.75, 3.05) is 13.1 Å². The third-order valence-corrected chi connectivity index (χ3v) is 5.49. The Balaban J connectivity index is 1.86. The minimum atomic E-state index is 0.666. The Morgan fingerprint density at radius 3 is 2.12 bits per heavy atom. The van der Waals surface area contributed by atoms with Crippen LogP contribution in [0.5, 0.6) is 0 Å². The molecule has 92 valence electrons. The fourth-order valence-corrected chi connectivity index (χ4v) is 6.27. The molecule has 1 nitrogen and oxygen atoms in total. The van der Waals surface area contributed by atoms with Gasteiger partial charge in [-0.25, -0.2) is 0 Å². The van der Waals surface area contributed by atoms with Gasteiger partial charge in [-0.3, -0.25) is 0 Å². The second kappa shape index (κ2) is 3.25. The van der Waals surface area contributed by atoms with Gasteiger partial charge in [0.05, 0.1) is 0 Å². The van der Waals surface area contributed by atoms with Gasteiger partial charge in [0.15, 0.2) is 0 Å². The Kier molecular flexibility index (Phi) is 2.25. The van der Waals surface area contributed by atoms with E-state index >= 15 is 0 Å². The van der Waals surface area contributed by atoms with Crippen molar-refractivity contribution in [3.05, 3.63) is 0 Å². The van der Waals surface area contributed by atoms with E-state index < -0.39 is 0 Å². The number of nitrogens with one attached hydrogen (secondary N) is 1. The first-order chi connectivity index (χ1) is 7.47. The molecule has 1 N–H and O–H groups in total. The van der Waals surface area contributed by atoms with E-state index in [0.717, 1.165) is 12.5 Å². The summed E-state index contributed by atoms with van der Waals surface area (Å²) in [6.07, 6.45) is 9.07. The zero-order valence-electron chi connectivity index (χ0n) is 11.2. The molecule has 4 aliphatic carbocycles. The fraction of sp³-hybridized carbons (Fsp3) is 1.00. The topological polar surface area (TPSA) is 12.0 Å². The van der Waals surface area contributed by atoms with E-state index in [4.69, 9.17) is 0 Å². The molecule has 0 radical (unpaired) electrons. The van der Waals surface area contributed by atoms with Gasteiger partial charge < -0.3 is 5.32 Å². The lowest BCUT2D eigenvalue weighted by atomic mass is 9.40. The minimum Gasteiger partial charge on any atom is -0.316 e. The monoisotopic (exact) mass is 221 g/mol. The molecule has 16 heavy (non-hydrogen) atoms. The van der Waals surface area contributed by atoms with Gasteiger partial charge in [0.2, 0.25) is 0 Å². The summed E-state index contributed by atoms with van der Waals surface area (Å²) in [5.41, 5.74) is 2.03. The van der Waals surface area contributed by atoms with Gasteiger partial charge in [0, 0.05) is 6.54 Å². The summed E-state index contributed by atoms with van der Waals surface area (Å²) in [5, 5.41) is 3.64. The summed E-state index contributed by atoms with van der Waals surface area (Å²) in [6.45, 7) is 9.79. The van der Waals surface area contributed by atoms with Crippen molar-refractivity contribution in [1.29, 1.82) is 0 Å². The molecule has 4 rings (SSSR count). The average Bonchev–Trinajstić information content (AvgIpc) is 2.08. The van der Waals surface area contributed by atoms with Crippen LogP contribution in [0.4, 0.5) is 0 Å². The molecule has 0 amide bonds. The number of hydrogen-bond donors (Lipinski definition) is 1. The standard InChI is InChI=1S/C15H27N/c1-4-16-11-15-7-12-5-13(2,9-15)8-14(3,6-12)10-15/h12,16H,4-11H2,1-3H3. The maximum absolute atomic E-state index is 3.64. The molecule has 0 aromatic heterocycles. The smallest absolute Gasteiger partial charge is 0.000820 e. The lowest BCUT2D eigenvalue weighted by molar-refractivity contribution is -0.142. The van der Waals surface area contributed by atoms with E-state index in [2.05, 4.69) is 26.1 Å². The van der Waals surface area contributed by atoms with Gasteiger partial charge >= 0.3 is 0 Å². The van der Waals surface area contributed by atoms with E-state index in [0.29, 0.717) is 16.2 Å². The highest BCUT2D eigenvalue weighted by Gasteiger charge is 2.59. The highest BCUT2D eigenvalue weighted by molar-refractivity contribution is 5.10. The van der Waals surface area contributed by atoms with Crippen molar-refractivity contribution in [3.63, 3.8) is 0 Å². The molecule has 0 aromatic carbocycles. The van der Waals surface area contributed by atoms with Gasteiger partial charge in [0.1, 0.15) is 0 Å². The first-order valence-corrected chi connectivity index (χ1v) is 7.17. The van der Waals surface area contributed by atoms with Crippen LogP contribution in [-0.2, 0) is 0 Å². The van der Waals surface area contributed by atoms with Crippen LogP contribution in [0.2, 0.25) is 0 Å². The summed E-state index contributed by atoms with van der Waals surface area (Å²) in [5.74, 6) is 1.05. The average molecular weight is 221 g/mol. The summed E-state index contributed by atoms with van der Waals surface area (Å²) in [6, 6.07) is 0. The van der Waals surface area contributed by atoms with Crippen LogP contribution in [0.25, 0.3) is 0 Å². The van der Waals surface area contributed by atoms with Crippen LogP contribution in [-0.4, -0.2) is 13.1 Å². The van der Waals surface area contributed by atoms with Gasteiger partial charge in [-0.05, 0) is 67.2 Å². The van der Waals surface area contributed by atoms with Crippen LogP contribution in [0.1, 0.15) is 59.3 Å². The summed E-state index contributed by atoms with van der Waals surface area (Å²) < 4.78 is 0. The Hall–Kier alpha value is -0.0400. The van der Waals surface area contributed by atoms with E-state index in [1.807, 2.05) is 0 Å². The van der Waals surface area contributed by atoms with Gasteiger partial charge in [0.25, 0.3) is 0 Å². The summed E-state index contributed by atoms with van der Waals surface area (Å²) in [4.78, 5) is 0. The molecule has 1 heteroatoms. The maximum Gasteiger partial charge on any atom is 0.000820 e. The van der Waals surface area contributed by atoms with E-state index in [9.17, 15) is 0 Å². The zero-order valence-corrected chi connectivity index (χ0v) is 11.2. The molecule has 4 aliphatic rings. The lowest BCUT2D eigenvalue weighted by Crippen LogP contribution is -2.57. The molecule has 0 aromatic rings. The van der Waals surface area contributed by atoms with Crippen LogP contribution in [0, 0.1) is 22.2 Å². The molecule has 0 aliphatic heterocycles. The van der Waals surface area contributed by atoms with Gasteiger partial charge in [-0.2, -0.15) is 0 Å². The molecule has 2 atom stereocenters.